The van der Waals surface area contributed by atoms with Crippen molar-refractivity contribution >= 4 is 62.1 Å². The van der Waals surface area contributed by atoms with E-state index in [-0.39, 0.29) is 0 Å². The van der Waals surface area contributed by atoms with Crippen LogP contribution in [0.5, 0.6) is 0 Å². The largest absolute Gasteiger partial charge is 0.354 e. The second-order valence-corrected chi connectivity index (χ2v) is 5.67. The molecule has 0 fully saturated rings. The molecular weight excluding hydrogens is 370 g/mol. The average molecular weight is 376 g/mol. The molecule has 0 aliphatic heterocycles. The highest BCUT2D eigenvalue weighted by molar-refractivity contribution is 9.10. The molecule has 0 amide bonds. The summed E-state index contributed by atoms with van der Waals surface area (Å²) >= 11 is 21.4. The van der Waals surface area contributed by atoms with E-state index in [1.807, 2.05) is 6.07 Å². The first-order valence-electron chi connectivity index (χ1n) is 5.13. The van der Waals surface area contributed by atoms with E-state index in [0.29, 0.717) is 26.3 Å². The van der Waals surface area contributed by atoms with Crippen molar-refractivity contribution in [2.75, 3.05) is 5.32 Å². The standard InChI is InChI=1S/C13H6BrCl3N2/c14-9-3-4-11(13(17)12(9)16)19-8-2-1-7(6-18)10(15)5-8/h1-5,19H. The Balaban J connectivity index is 2.35. The second kappa shape index (κ2) is 6.02. The minimum absolute atomic E-state index is 0.381. The van der Waals surface area contributed by atoms with Crippen molar-refractivity contribution < 1.29 is 0 Å². The van der Waals surface area contributed by atoms with Gasteiger partial charge in [0.1, 0.15) is 6.07 Å². The third kappa shape index (κ3) is 3.16. The van der Waals surface area contributed by atoms with Crippen LogP contribution >= 0.6 is 50.7 Å². The number of nitriles is 1. The molecule has 19 heavy (non-hydrogen) atoms. The highest BCUT2D eigenvalue weighted by Crippen LogP contribution is 2.37. The van der Waals surface area contributed by atoms with Crippen LogP contribution in [0.1, 0.15) is 5.56 Å². The number of rotatable bonds is 2. The molecule has 2 aromatic carbocycles. The molecule has 0 saturated heterocycles. The lowest BCUT2D eigenvalue weighted by molar-refractivity contribution is 1.47. The van der Waals surface area contributed by atoms with Crippen molar-refractivity contribution in [2.24, 2.45) is 0 Å². The Hall–Kier alpha value is -0.920. The van der Waals surface area contributed by atoms with Crippen molar-refractivity contribution in [2.45, 2.75) is 0 Å². The van der Waals surface area contributed by atoms with E-state index in [0.717, 1.165) is 10.2 Å². The second-order valence-electron chi connectivity index (χ2n) is 3.65. The number of nitrogens with one attached hydrogen (secondary N) is 1. The van der Waals surface area contributed by atoms with Gasteiger partial charge < -0.3 is 5.32 Å². The molecule has 2 rings (SSSR count). The zero-order chi connectivity index (χ0) is 14.0. The van der Waals surface area contributed by atoms with Gasteiger partial charge >= 0.3 is 0 Å². The highest BCUT2D eigenvalue weighted by atomic mass is 79.9. The van der Waals surface area contributed by atoms with E-state index < -0.39 is 0 Å². The number of halogens is 4. The molecule has 2 aromatic rings. The Labute approximate surface area is 134 Å². The first-order chi connectivity index (χ1) is 9.02. The SMILES string of the molecule is N#Cc1ccc(Nc2ccc(Br)c(Cl)c2Cl)cc1Cl. The van der Waals surface area contributed by atoms with Gasteiger partial charge in [-0.1, -0.05) is 34.8 Å². The number of anilines is 2. The lowest BCUT2D eigenvalue weighted by Crippen LogP contribution is -1.92. The smallest absolute Gasteiger partial charge is 0.101 e. The van der Waals surface area contributed by atoms with E-state index in [4.69, 9.17) is 40.1 Å². The van der Waals surface area contributed by atoms with Crippen LogP contribution in [0.3, 0.4) is 0 Å². The lowest BCUT2D eigenvalue weighted by atomic mass is 10.2. The van der Waals surface area contributed by atoms with Gasteiger partial charge in [-0.2, -0.15) is 5.26 Å². The van der Waals surface area contributed by atoms with Crippen LogP contribution in [-0.4, -0.2) is 0 Å². The third-order valence-electron chi connectivity index (χ3n) is 2.40. The fourth-order valence-electron chi connectivity index (χ4n) is 1.46. The molecule has 96 valence electrons. The molecular formula is C13H6BrCl3N2. The van der Waals surface area contributed by atoms with Gasteiger partial charge in [-0.15, -0.1) is 0 Å². The summed E-state index contributed by atoms with van der Waals surface area (Å²) in [6.45, 7) is 0. The summed E-state index contributed by atoms with van der Waals surface area (Å²) in [5.41, 5.74) is 1.81. The molecule has 0 saturated carbocycles. The number of hydrogen-bond acceptors (Lipinski definition) is 2. The van der Waals surface area contributed by atoms with E-state index >= 15 is 0 Å². The fourth-order valence-corrected chi connectivity index (χ4v) is 2.51. The van der Waals surface area contributed by atoms with Crippen LogP contribution in [0.2, 0.25) is 15.1 Å². The molecule has 1 N–H and O–H groups in total. The Morgan fingerprint density at radius 1 is 1.05 bits per heavy atom. The van der Waals surface area contributed by atoms with Gasteiger partial charge in [0.2, 0.25) is 0 Å². The molecule has 2 nitrogen and oxygen atoms in total. The van der Waals surface area contributed by atoms with Crippen molar-refractivity contribution in [3.05, 3.63) is 55.4 Å². The molecule has 0 atom stereocenters. The molecule has 0 spiro atoms. The van der Waals surface area contributed by atoms with E-state index in [2.05, 4.69) is 21.2 Å². The van der Waals surface area contributed by atoms with Gasteiger partial charge in [-0.25, -0.2) is 0 Å². The van der Waals surface area contributed by atoms with E-state index in [1.165, 1.54) is 0 Å². The predicted octanol–water partition coefficient (Wildman–Crippen LogP) is 6.02. The monoisotopic (exact) mass is 374 g/mol. The quantitative estimate of drug-likeness (QED) is 0.650. The van der Waals surface area contributed by atoms with Crippen LogP contribution in [0, 0.1) is 11.3 Å². The zero-order valence-electron chi connectivity index (χ0n) is 9.35. The zero-order valence-corrected chi connectivity index (χ0v) is 13.2. The molecule has 0 unspecified atom stereocenters. The molecule has 0 aromatic heterocycles. The molecule has 0 bridgehead atoms. The molecule has 6 heteroatoms. The van der Waals surface area contributed by atoms with E-state index in [1.54, 1.807) is 30.3 Å². The van der Waals surface area contributed by atoms with Crippen LogP contribution in [0.25, 0.3) is 0 Å². The maximum atomic E-state index is 8.81. The molecule has 0 radical (unpaired) electrons. The Kier molecular flexibility index (Phi) is 4.59. The maximum absolute atomic E-state index is 8.81. The van der Waals surface area contributed by atoms with Gasteiger partial charge in [0, 0.05) is 10.2 Å². The van der Waals surface area contributed by atoms with Crippen molar-refractivity contribution in [3.8, 4) is 6.07 Å². The van der Waals surface area contributed by atoms with Gasteiger partial charge in [0.05, 0.1) is 26.3 Å². The Bertz CT molecular complexity index is 680. The summed E-state index contributed by atoms with van der Waals surface area (Å²) in [4.78, 5) is 0. The summed E-state index contributed by atoms with van der Waals surface area (Å²) < 4.78 is 0.725. The molecule has 0 aliphatic rings. The van der Waals surface area contributed by atoms with Crippen molar-refractivity contribution in [1.29, 1.82) is 5.26 Å². The number of benzene rings is 2. The minimum atomic E-state index is 0.381. The topological polar surface area (TPSA) is 35.8 Å². The lowest BCUT2D eigenvalue weighted by Gasteiger charge is -2.11. The Morgan fingerprint density at radius 2 is 1.79 bits per heavy atom. The van der Waals surface area contributed by atoms with E-state index in [9.17, 15) is 0 Å². The third-order valence-corrected chi connectivity index (χ3v) is 4.49. The van der Waals surface area contributed by atoms with Crippen LogP contribution < -0.4 is 5.32 Å². The van der Waals surface area contributed by atoms with Crippen molar-refractivity contribution in [3.63, 3.8) is 0 Å². The maximum Gasteiger partial charge on any atom is 0.101 e. The highest BCUT2D eigenvalue weighted by Gasteiger charge is 2.09. The summed E-state index contributed by atoms with van der Waals surface area (Å²) in [6.07, 6.45) is 0. The number of nitrogens with zero attached hydrogens (tertiary/aromatic N) is 1. The van der Waals surface area contributed by atoms with Crippen LogP contribution in [0.15, 0.2) is 34.8 Å². The van der Waals surface area contributed by atoms with Gasteiger partial charge in [-0.05, 0) is 46.3 Å². The van der Waals surface area contributed by atoms with Gasteiger partial charge in [0.25, 0.3) is 0 Å². The Morgan fingerprint density at radius 3 is 2.42 bits per heavy atom. The minimum Gasteiger partial charge on any atom is -0.354 e. The van der Waals surface area contributed by atoms with Crippen LogP contribution in [0.4, 0.5) is 11.4 Å². The summed E-state index contributed by atoms with van der Waals surface area (Å²) in [5.74, 6) is 0. The molecule has 0 heterocycles. The van der Waals surface area contributed by atoms with Crippen LogP contribution in [-0.2, 0) is 0 Å². The summed E-state index contributed by atoms with van der Waals surface area (Å²) in [5, 5.41) is 13.1. The first kappa shape index (κ1) is 14.5. The molecule has 0 aliphatic carbocycles. The summed E-state index contributed by atoms with van der Waals surface area (Å²) in [6, 6.07) is 10.6. The predicted molar refractivity (Wildman–Crippen MR) is 83.6 cm³/mol. The van der Waals surface area contributed by atoms with Gasteiger partial charge in [0.15, 0.2) is 0 Å². The first-order valence-corrected chi connectivity index (χ1v) is 7.06. The number of hydrogen-bond donors (Lipinski definition) is 1. The average Bonchev–Trinajstić information content (AvgIpc) is 2.40. The van der Waals surface area contributed by atoms with Gasteiger partial charge in [-0.3, -0.25) is 0 Å². The van der Waals surface area contributed by atoms with Crippen molar-refractivity contribution in [1.82, 2.24) is 0 Å². The normalized spacial score (nSPS) is 10.1. The summed E-state index contributed by atoms with van der Waals surface area (Å²) in [7, 11) is 0. The fraction of sp³-hybridized carbons (Fsp3) is 0.